The van der Waals surface area contributed by atoms with Crippen LogP contribution in [0.25, 0.3) is 0 Å². The summed E-state index contributed by atoms with van der Waals surface area (Å²) in [6.07, 6.45) is 0. The summed E-state index contributed by atoms with van der Waals surface area (Å²) in [6.45, 7) is 3.22. The lowest BCUT2D eigenvalue weighted by Gasteiger charge is -2.26. The normalized spacial score (nSPS) is 10.6. The summed E-state index contributed by atoms with van der Waals surface area (Å²) in [4.78, 5) is 24.0. The molecule has 1 aromatic rings. The maximum absolute atomic E-state index is 13.6. The second-order valence-corrected chi connectivity index (χ2v) is 4.67. The summed E-state index contributed by atoms with van der Waals surface area (Å²) in [6, 6.07) is 1.58. The van der Waals surface area contributed by atoms with E-state index >= 15 is 0 Å². The molecule has 0 heterocycles. The number of nitro groups is 1. The Morgan fingerprint density at radius 2 is 2.14 bits per heavy atom. The predicted octanol–water partition coefficient (Wildman–Crippen LogP) is 1.62. The molecular formula is C13H18FN3O4. The van der Waals surface area contributed by atoms with Gasteiger partial charge in [-0.25, -0.2) is 4.39 Å². The first-order valence-electron chi connectivity index (χ1n) is 6.41. The minimum atomic E-state index is -0.806. The zero-order valence-corrected chi connectivity index (χ0v) is 12.1. The van der Waals surface area contributed by atoms with Crippen LogP contribution in [0.1, 0.15) is 24.2 Å². The van der Waals surface area contributed by atoms with Gasteiger partial charge in [-0.2, -0.15) is 0 Å². The fourth-order valence-electron chi connectivity index (χ4n) is 1.93. The molecule has 0 spiro atoms. The van der Waals surface area contributed by atoms with Gasteiger partial charge in [0.1, 0.15) is 5.56 Å². The van der Waals surface area contributed by atoms with Gasteiger partial charge in [0, 0.05) is 19.6 Å². The molecule has 0 saturated heterocycles. The number of nitrogens with zero attached hydrogens (tertiary/aromatic N) is 2. The topological polar surface area (TPSA) is 95.7 Å². The van der Waals surface area contributed by atoms with Gasteiger partial charge in [0.2, 0.25) is 0 Å². The molecule has 0 aliphatic rings. The number of hydrogen-bond donors (Lipinski definition) is 2. The molecule has 1 rings (SSSR count). The molecule has 116 valence electrons. The summed E-state index contributed by atoms with van der Waals surface area (Å²) in [5.41, 5.74) is -0.815. The van der Waals surface area contributed by atoms with Crippen LogP contribution in [0, 0.1) is 15.9 Å². The van der Waals surface area contributed by atoms with E-state index in [2.05, 4.69) is 5.32 Å². The van der Waals surface area contributed by atoms with E-state index in [4.69, 9.17) is 5.11 Å². The van der Waals surface area contributed by atoms with E-state index in [9.17, 15) is 19.3 Å². The number of halogens is 1. The minimum absolute atomic E-state index is 0.00310. The van der Waals surface area contributed by atoms with Crippen molar-refractivity contribution in [2.45, 2.75) is 19.9 Å². The average Bonchev–Trinajstić information content (AvgIpc) is 2.43. The molecule has 0 radical (unpaired) electrons. The number of anilines is 1. The highest BCUT2D eigenvalue weighted by molar-refractivity contribution is 5.99. The number of benzene rings is 1. The molecule has 7 nitrogen and oxygen atoms in total. The molecule has 0 bridgehead atoms. The molecule has 1 aromatic carbocycles. The van der Waals surface area contributed by atoms with Crippen LogP contribution in [0.4, 0.5) is 15.8 Å². The number of hydrogen-bond acceptors (Lipinski definition) is 5. The third-order valence-electron chi connectivity index (χ3n) is 3.01. The van der Waals surface area contributed by atoms with Crippen molar-refractivity contribution in [2.24, 2.45) is 0 Å². The van der Waals surface area contributed by atoms with Gasteiger partial charge in [0.25, 0.3) is 11.6 Å². The van der Waals surface area contributed by atoms with E-state index in [-0.39, 0.29) is 30.4 Å². The molecule has 0 atom stereocenters. The third-order valence-corrected chi connectivity index (χ3v) is 3.01. The first-order chi connectivity index (χ1) is 9.83. The molecule has 8 heteroatoms. The smallest absolute Gasteiger partial charge is 0.285 e. The Morgan fingerprint density at radius 1 is 1.52 bits per heavy atom. The van der Waals surface area contributed by atoms with Crippen LogP contribution in [0.5, 0.6) is 0 Å². The van der Waals surface area contributed by atoms with Crippen LogP contribution < -0.4 is 5.32 Å². The summed E-state index contributed by atoms with van der Waals surface area (Å²) >= 11 is 0. The van der Waals surface area contributed by atoms with Gasteiger partial charge in [-0.1, -0.05) is 0 Å². The van der Waals surface area contributed by atoms with Crippen molar-refractivity contribution in [2.75, 3.05) is 25.5 Å². The Labute approximate surface area is 121 Å². The van der Waals surface area contributed by atoms with Crippen LogP contribution in [0.3, 0.4) is 0 Å². The van der Waals surface area contributed by atoms with E-state index < -0.39 is 22.3 Å². The van der Waals surface area contributed by atoms with Crippen molar-refractivity contribution in [3.8, 4) is 0 Å². The Morgan fingerprint density at radius 3 is 2.57 bits per heavy atom. The number of carbonyl (C=O) groups is 1. The Hall–Kier alpha value is -2.22. The number of amides is 1. The fourth-order valence-corrected chi connectivity index (χ4v) is 1.93. The van der Waals surface area contributed by atoms with Crippen LogP contribution in [-0.4, -0.2) is 47.1 Å². The van der Waals surface area contributed by atoms with E-state index in [1.54, 1.807) is 13.8 Å². The average molecular weight is 299 g/mol. The van der Waals surface area contributed by atoms with Gasteiger partial charge in [-0.15, -0.1) is 0 Å². The maximum atomic E-state index is 13.6. The van der Waals surface area contributed by atoms with Crippen molar-refractivity contribution >= 4 is 17.3 Å². The lowest BCUT2D eigenvalue weighted by molar-refractivity contribution is -0.385. The number of rotatable bonds is 6. The highest BCUT2D eigenvalue weighted by Crippen LogP contribution is 2.27. The van der Waals surface area contributed by atoms with Crippen LogP contribution in [0.2, 0.25) is 0 Å². The van der Waals surface area contributed by atoms with Gasteiger partial charge >= 0.3 is 0 Å². The van der Waals surface area contributed by atoms with Gasteiger partial charge in [-0.3, -0.25) is 14.9 Å². The Bertz CT molecular complexity index is 548. The standard InChI is InChI=1S/C13H18FN3O4/c1-8(2)16(4-5-18)13(19)9-6-11(15-3)10(14)7-12(9)17(20)21/h6-8,15,18H,4-5H2,1-3H3. The second-order valence-electron chi connectivity index (χ2n) is 4.67. The predicted molar refractivity (Wildman–Crippen MR) is 75.9 cm³/mol. The van der Waals surface area contributed by atoms with Crippen molar-refractivity contribution in [1.29, 1.82) is 0 Å². The van der Waals surface area contributed by atoms with Crippen LogP contribution in [-0.2, 0) is 0 Å². The van der Waals surface area contributed by atoms with Crippen LogP contribution >= 0.6 is 0 Å². The number of aliphatic hydroxyl groups excluding tert-OH is 1. The number of carbonyl (C=O) groups excluding carboxylic acids is 1. The lowest BCUT2D eigenvalue weighted by atomic mass is 10.1. The summed E-state index contributed by atoms with van der Waals surface area (Å²) < 4.78 is 13.6. The molecular weight excluding hydrogens is 281 g/mol. The molecule has 0 unspecified atom stereocenters. The molecule has 0 aromatic heterocycles. The van der Waals surface area contributed by atoms with Crippen molar-refractivity contribution < 1.29 is 19.2 Å². The highest BCUT2D eigenvalue weighted by atomic mass is 19.1. The third kappa shape index (κ3) is 3.66. The monoisotopic (exact) mass is 299 g/mol. The quantitative estimate of drug-likeness (QED) is 0.614. The van der Waals surface area contributed by atoms with Gasteiger partial charge < -0.3 is 15.3 Å². The molecule has 21 heavy (non-hydrogen) atoms. The van der Waals surface area contributed by atoms with Crippen molar-refractivity contribution in [1.82, 2.24) is 4.90 Å². The molecule has 0 saturated carbocycles. The zero-order valence-electron chi connectivity index (χ0n) is 12.1. The van der Waals surface area contributed by atoms with Crippen molar-refractivity contribution in [3.05, 3.63) is 33.6 Å². The van der Waals surface area contributed by atoms with E-state index in [0.29, 0.717) is 0 Å². The number of nitro benzene ring substituents is 1. The maximum Gasteiger partial charge on any atom is 0.285 e. The Balaban J connectivity index is 3.38. The fraction of sp³-hybridized carbons (Fsp3) is 0.462. The Kier molecular flexibility index (Phi) is 5.60. The molecule has 2 N–H and O–H groups in total. The lowest BCUT2D eigenvalue weighted by Crippen LogP contribution is -2.39. The molecule has 0 fully saturated rings. The van der Waals surface area contributed by atoms with E-state index in [1.807, 2.05) is 0 Å². The van der Waals surface area contributed by atoms with E-state index in [1.165, 1.54) is 11.9 Å². The number of nitrogens with one attached hydrogen (secondary N) is 1. The zero-order chi connectivity index (χ0) is 16.2. The molecule has 1 amide bonds. The second kappa shape index (κ2) is 6.98. The highest BCUT2D eigenvalue weighted by Gasteiger charge is 2.28. The number of aliphatic hydroxyl groups is 1. The SMILES string of the molecule is CNc1cc(C(=O)N(CCO)C(C)C)c([N+](=O)[O-])cc1F. The molecule has 0 aliphatic heterocycles. The molecule has 0 aliphatic carbocycles. The van der Waals surface area contributed by atoms with Crippen LogP contribution in [0.15, 0.2) is 12.1 Å². The van der Waals surface area contributed by atoms with Gasteiger partial charge in [0.05, 0.1) is 23.3 Å². The first-order valence-corrected chi connectivity index (χ1v) is 6.41. The van der Waals surface area contributed by atoms with Gasteiger partial charge in [-0.05, 0) is 19.9 Å². The first kappa shape index (κ1) is 16.8. The largest absolute Gasteiger partial charge is 0.395 e. The summed E-state index contributed by atoms with van der Waals surface area (Å²) in [7, 11) is 1.45. The van der Waals surface area contributed by atoms with Gasteiger partial charge in [0.15, 0.2) is 5.82 Å². The van der Waals surface area contributed by atoms with E-state index in [0.717, 1.165) is 12.1 Å². The summed E-state index contributed by atoms with van der Waals surface area (Å²) in [5, 5.41) is 22.6. The minimum Gasteiger partial charge on any atom is -0.395 e. The van der Waals surface area contributed by atoms with Crippen molar-refractivity contribution in [3.63, 3.8) is 0 Å². The summed E-state index contributed by atoms with van der Waals surface area (Å²) in [5.74, 6) is -1.43.